The number of carbonyl (C=O) groups excluding carboxylic acids is 1. The first kappa shape index (κ1) is 14.3. The first-order valence-electron chi connectivity index (χ1n) is 5.81. The van der Waals surface area contributed by atoms with Crippen molar-refractivity contribution < 1.29 is 18.8 Å². The largest absolute Gasteiger partial charge is 0.490 e. The Morgan fingerprint density at radius 2 is 1.65 bits per heavy atom. The van der Waals surface area contributed by atoms with Crippen molar-refractivity contribution >= 4 is 13.1 Å². The van der Waals surface area contributed by atoms with Gasteiger partial charge < -0.3 is 14.0 Å². The Morgan fingerprint density at radius 3 is 2.06 bits per heavy atom. The molecule has 96 valence electrons. The smallest absolute Gasteiger partial charge is 0.462 e. The van der Waals surface area contributed by atoms with Gasteiger partial charge in [0.2, 0.25) is 0 Å². The van der Waals surface area contributed by atoms with Gasteiger partial charge in [0.15, 0.2) is 0 Å². The van der Waals surface area contributed by atoms with E-state index in [1.807, 2.05) is 40.7 Å². The van der Waals surface area contributed by atoms with Crippen LogP contribution in [-0.4, -0.2) is 30.9 Å². The molecule has 1 fully saturated rings. The van der Waals surface area contributed by atoms with Crippen LogP contribution in [0, 0.1) is 0 Å². The molecule has 0 aromatic heterocycles. The van der Waals surface area contributed by atoms with Gasteiger partial charge in [-0.25, -0.2) is 0 Å². The minimum Gasteiger partial charge on any atom is -0.462 e. The summed E-state index contributed by atoms with van der Waals surface area (Å²) in [6, 6.07) is 0. The number of rotatable bonds is 3. The van der Waals surface area contributed by atoms with E-state index in [0.29, 0.717) is 0 Å². The van der Waals surface area contributed by atoms with Crippen LogP contribution in [0.5, 0.6) is 0 Å². The normalized spacial score (nSPS) is 22.7. The molecule has 4 nitrogen and oxygen atoms in total. The second-order valence-electron chi connectivity index (χ2n) is 5.34. The van der Waals surface area contributed by atoms with Crippen molar-refractivity contribution in [2.45, 2.75) is 52.7 Å². The summed E-state index contributed by atoms with van der Waals surface area (Å²) in [7, 11) is -0.365. The fourth-order valence-electron chi connectivity index (χ4n) is 1.42. The maximum absolute atomic E-state index is 10.6. The van der Waals surface area contributed by atoms with Gasteiger partial charge in [-0.2, -0.15) is 0 Å². The number of ether oxygens (including phenoxy) is 1. The molecule has 0 aromatic carbocycles. The molecular weight excluding hydrogens is 219 g/mol. The van der Waals surface area contributed by atoms with Gasteiger partial charge in [-0.1, -0.05) is 6.08 Å². The summed E-state index contributed by atoms with van der Waals surface area (Å²) in [6.07, 6.45) is 1.81. The lowest BCUT2D eigenvalue weighted by Gasteiger charge is -2.32. The van der Waals surface area contributed by atoms with Crippen LogP contribution < -0.4 is 0 Å². The first-order chi connectivity index (χ1) is 7.66. The van der Waals surface area contributed by atoms with Crippen molar-refractivity contribution in [3.63, 3.8) is 0 Å². The van der Waals surface area contributed by atoms with Crippen LogP contribution in [0.25, 0.3) is 0 Å². The minimum absolute atomic E-state index is 0.255. The van der Waals surface area contributed by atoms with E-state index in [1.54, 1.807) is 0 Å². The Hall–Kier alpha value is -0.805. The van der Waals surface area contributed by atoms with Crippen molar-refractivity contribution in [3.05, 3.63) is 11.5 Å². The van der Waals surface area contributed by atoms with Gasteiger partial charge in [0.1, 0.15) is 6.61 Å². The monoisotopic (exact) mass is 240 g/mol. The van der Waals surface area contributed by atoms with Crippen LogP contribution in [0.2, 0.25) is 0 Å². The molecule has 17 heavy (non-hydrogen) atoms. The summed E-state index contributed by atoms with van der Waals surface area (Å²) in [4.78, 5) is 10.6. The lowest BCUT2D eigenvalue weighted by molar-refractivity contribution is -0.139. The van der Waals surface area contributed by atoms with E-state index >= 15 is 0 Å². The number of esters is 1. The van der Waals surface area contributed by atoms with Gasteiger partial charge in [0.25, 0.3) is 0 Å². The van der Waals surface area contributed by atoms with Crippen LogP contribution in [-0.2, 0) is 18.8 Å². The number of allylic oxidation sites excluding steroid dienone is 1. The summed E-state index contributed by atoms with van der Waals surface area (Å²) in [6.45, 7) is 11.6. The second kappa shape index (κ2) is 4.82. The van der Waals surface area contributed by atoms with Gasteiger partial charge in [-0.15, -0.1) is 0 Å². The lowest BCUT2D eigenvalue weighted by atomic mass is 9.79. The summed E-state index contributed by atoms with van der Waals surface area (Å²) < 4.78 is 16.6. The highest BCUT2D eigenvalue weighted by Gasteiger charge is 2.51. The van der Waals surface area contributed by atoms with Gasteiger partial charge in [0, 0.05) is 6.92 Å². The van der Waals surface area contributed by atoms with E-state index in [4.69, 9.17) is 14.0 Å². The van der Waals surface area contributed by atoms with E-state index in [1.165, 1.54) is 6.92 Å². The number of hydrogen-bond donors (Lipinski definition) is 0. The maximum Gasteiger partial charge on any atom is 0.490 e. The Morgan fingerprint density at radius 1 is 1.18 bits per heavy atom. The first-order valence-corrected chi connectivity index (χ1v) is 5.81. The van der Waals surface area contributed by atoms with Crippen LogP contribution in [0.4, 0.5) is 0 Å². The highest BCUT2D eigenvalue weighted by Crippen LogP contribution is 2.38. The molecule has 1 rings (SSSR count). The molecule has 1 heterocycles. The zero-order valence-corrected chi connectivity index (χ0v) is 11.5. The van der Waals surface area contributed by atoms with E-state index in [-0.39, 0.29) is 30.9 Å². The predicted octanol–water partition coefficient (Wildman–Crippen LogP) is 2.13. The third kappa shape index (κ3) is 3.33. The molecule has 1 aliphatic rings. The molecule has 0 amide bonds. The molecule has 0 N–H and O–H groups in total. The van der Waals surface area contributed by atoms with Crippen LogP contribution in [0.1, 0.15) is 41.5 Å². The molecule has 0 radical (unpaired) electrons. The predicted molar refractivity (Wildman–Crippen MR) is 66.5 cm³/mol. The Bertz CT molecular complexity index is 317. The Labute approximate surface area is 103 Å². The fourth-order valence-corrected chi connectivity index (χ4v) is 1.42. The standard InChI is InChI=1S/C12H21BO4/c1-9(7-8-15-10(2)14)13-16-11(3,4)12(5,6)17-13/h7H,8H2,1-6H3/b9-7+. The SMILES string of the molecule is CC(=O)OC/C=C(\C)B1OC(C)(C)C(C)(C)O1. The van der Waals surface area contributed by atoms with E-state index < -0.39 is 0 Å². The zero-order valence-electron chi connectivity index (χ0n) is 11.5. The Kier molecular flexibility index (Phi) is 4.04. The fraction of sp³-hybridized carbons (Fsp3) is 0.750. The molecule has 0 spiro atoms. The molecule has 0 unspecified atom stereocenters. The van der Waals surface area contributed by atoms with Crippen molar-refractivity contribution in [1.82, 2.24) is 0 Å². The summed E-state index contributed by atoms with van der Waals surface area (Å²) in [5, 5.41) is 0. The number of hydrogen-bond acceptors (Lipinski definition) is 4. The maximum atomic E-state index is 10.6. The van der Waals surface area contributed by atoms with E-state index in [9.17, 15) is 4.79 Å². The Balaban J connectivity index is 2.61. The lowest BCUT2D eigenvalue weighted by Crippen LogP contribution is -2.41. The highest BCUT2D eigenvalue weighted by atomic mass is 16.7. The van der Waals surface area contributed by atoms with Crippen molar-refractivity contribution in [2.75, 3.05) is 6.61 Å². The number of carbonyl (C=O) groups is 1. The molecule has 0 bridgehead atoms. The highest BCUT2D eigenvalue weighted by molar-refractivity contribution is 6.54. The van der Waals surface area contributed by atoms with E-state index in [2.05, 4.69) is 0 Å². The van der Waals surface area contributed by atoms with Gasteiger partial charge >= 0.3 is 13.1 Å². The van der Waals surface area contributed by atoms with Crippen molar-refractivity contribution in [2.24, 2.45) is 0 Å². The third-order valence-corrected chi connectivity index (χ3v) is 3.32. The minimum atomic E-state index is -0.365. The summed E-state index contributed by atoms with van der Waals surface area (Å²) >= 11 is 0. The summed E-state index contributed by atoms with van der Waals surface area (Å²) in [5.41, 5.74) is 0.243. The summed E-state index contributed by atoms with van der Waals surface area (Å²) in [5.74, 6) is -0.289. The molecule has 1 aliphatic heterocycles. The van der Waals surface area contributed by atoms with Gasteiger partial charge in [0.05, 0.1) is 11.2 Å². The quantitative estimate of drug-likeness (QED) is 0.560. The van der Waals surface area contributed by atoms with Crippen LogP contribution >= 0.6 is 0 Å². The second-order valence-corrected chi connectivity index (χ2v) is 5.34. The van der Waals surface area contributed by atoms with Gasteiger partial charge in [-0.3, -0.25) is 4.79 Å². The molecule has 0 atom stereocenters. The average molecular weight is 240 g/mol. The molecule has 1 saturated heterocycles. The molecule has 0 aromatic rings. The van der Waals surface area contributed by atoms with Crippen molar-refractivity contribution in [1.29, 1.82) is 0 Å². The van der Waals surface area contributed by atoms with Gasteiger partial charge in [-0.05, 0) is 40.1 Å². The molecule has 0 saturated carbocycles. The molecule has 0 aliphatic carbocycles. The zero-order chi connectivity index (χ0) is 13.3. The van der Waals surface area contributed by atoms with Crippen LogP contribution in [0.15, 0.2) is 11.5 Å². The average Bonchev–Trinajstić information content (AvgIpc) is 2.35. The van der Waals surface area contributed by atoms with Crippen molar-refractivity contribution in [3.8, 4) is 0 Å². The topological polar surface area (TPSA) is 44.8 Å². The molecule has 5 heteroatoms. The molecular formula is C12H21BO4. The van der Waals surface area contributed by atoms with E-state index in [0.717, 1.165) is 5.47 Å². The third-order valence-electron chi connectivity index (χ3n) is 3.32. The van der Waals surface area contributed by atoms with Crippen LogP contribution in [0.3, 0.4) is 0 Å².